The summed E-state index contributed by atoms with van der Waals surface area (Å²) < 4.78 is 11.1. The molecule has 2 aromatic rings. The Balaban J connectivity index is 1.72. The van der Waals surface area contributed by atoms with E-state index < -0.39 is 23.5 Å². The predicted octanol–water partition coefficient (Wildman–Crippen LogP) is 3.41. The Morgan fingerprint density at radius 2 is 2.23 bits per heavy atom. The number of furan rings is 1. The molecular formula is C19H19NO5S. The van der Waals surface area contributed by atoms with Crippen molar-refractivity contribution in [3.05, 3.63) is 57.4 Å². The summed E-state index contributed by atoms with van der Waals surface area (Å²) in [5.74, 6) is -0.776. The molecule has 2 aromatic heterocycles. The van der Waals surface area contributed by atoms with E-state index in [1.807, 2.05) is 17.5 Å². The first-order valence-electron chi connectivity index (χ1n) is 8.56. The van der Waals surface area contributed by atoms with Crippen molar-refractivity contribution in [3.8, 4) is 0 Å². The van der Waals surface area contributed by atoms with Gasteiger partial charge in [0.1, 0.15) is 5.76 Å². The number of nitrogens with zero attached hydrogens (tertiary/aromatic N) is 1. The molecule has 0 bridgehead atoms. The lowest BCUT2D eigenvalue weighted by atomic mass is 10.00. The summed E-state index contributed by atoms with van der Waals surface area (Å²) in [4.78, 5) is 28.1. The Morgan fingerprint density at radius 3 is 2.85 bits per heavy atom. The van der Waals surface area contributed by atoms with Gasteiger partial charge in [0.05, 0.1) is 17.7 Å². The van der Waals surface area contributed by atoms with Gasteiger partial charge in [-0.05, 0) is 43.3 Å². The van der Waals surface area contributed by atoms with Crippen LogP contribution in [0.1, 0.15) is 40.1 Å². The summed E-state index contributed by atoms with van der Waals surface area (Å²) in [5.41, 5.74) is 0.0739. The molecular weight excluding hydrogens is 354 g/mol. The van der Waals surface area contributed by atoms with Gasteiger partial charge in [-0.15, -0.1) is 11.3 Å². The highest BCUT2D eigenvalue weighted by Crippen LogP contribution is 2.41. The van der Waals surface area contributed by atoms with Gasteiger partial charge in [0.2, 0.25) is 5.78 Å². The molecule has 1 amide bonds. The molecule has 2 aliphatic heterocycles. The van der Waals surface area contributed by atoms with Gasteiger partial charge in [0, 0.05) is 18.0 Å². The fourth-order valence-electron chi connectivity index (χ4n) is 3.51. The second-order valence-corrected chi connectivity index (χ2v) is 7.49. The van der Waals surface area contributed by atoms with Crippen molar-refractivity contribution < 1.29 is 23.8 Å². The molecule has 0 spiro atoms. The van der Waals surface area contributed by atoms with Crippen LogP contribution in [-0.4, -0.2) is 41.0 Å². The maximum atomic E-state index is 13.0. The van der Waals surface area contributed by atoms with Gasteiger partial charge < -0.3 is 19.2 Å². The minimum atomic E-state index is -0.621. The van der Waals surface area contributed by atoms with E-state index in [1.165, 1.54) is 11.3 Å². The smallest absolute Gasteiger partial charge is 0.290 e. The molecule has 2 unspecified atom stereocenters. The first-order chi connectivity index (χ1) is 12.6. The van der Waals surface area contributed by atoms with Gasteiger partial charge in [-0.1, -0.05) is 6.07 Å². The number of ether oxygens (including phenoxy) is 1. The molecule has 2 aliphatic rings. The van der Waals surface area contributed by atoms with Crippen LogP contribution < -0.4 is 0 Å². The fourth-order valence-corrected chi connectivity index (χ4v) is 4.36. The fraction of sp³-hybridized carbons (Fsp3) is 0.368. The maximum Gasteiger partial charge on any atom is 0.290 e. The minimum Gasteiger partial charge on any atom is -0.503 e. The summed E-state index contributed by atoms with van der Waals surface area (Å²) >= 11 is 1.44. The van der Waals surface area contributed by atoms with Crippen molar-refractivity contribution in [3.63, 3.8) is 0 Å². The molecule has 0 saturated carbocycles. The number of aliphatic hydroxyl groups excluding tert-OH is 1. The van der Waals surface area contributed by atoms with Crippen LogP contribution in [0.2, 0.25) is 0 Å². The number of hydrogen-bond acceptors (Lipinski definition) is 6. The third-order valence-electron chi connectivity index (χ3n) is 4.75. The number of carbonyl (C=O) groups is 2. The summed E-state index contributed by atoms with van der Waals surface area (Å²) in [6.07, 6.45) is 1.74. The predicted molar refractivity (Wildman–Crippen MR) is 95.2 cm³/mol. The highest BCUT2D eigenvalue weighted by Gasteiger charge is 2.45. The Hall–Kier alpha value is -2.38. The monoisotopic (exact) mass is 373 g/mol. The number of ketones is 1. The zero-order chi connectivity index (χ0) is 18.3. The third-order valence-corrected chi connectivity index (χ3v) is 5.67. The number of rotatable bonds is 5. The van der Waals surface area contributed by atoms with Crippen LogP contribution in [0.3, 0.4) is 0 Å². The lowest BCUT2D eigenvalue weighted by Crippen LogP contribution is -2.37. The van der Waals surface area contributed by atoms with Gasteiger partial charge in [-0.25, -0.2) is 0 Å². The van der Waals surface area contributed by atoms with Crippen molar-refractivity contribution in [1.29, 1.82) is 0 Å². The minimum absolute atomic E-state index is 0.0739. The van der Waals surface area contributed by atoms with Crippen molar-refractivity contribution in [2.24, 2.45) is 0 Å². The van der Waals surface area contributed by atoms with E-state index in [2.05, 4.69) is 0 Å². The first-order valence-corrected chi connectivity index (χ1v) is 9.44. The number of aryl methyl sites for hydroxylation is 1. The number of amides is 1. The molecule has 2 atom stereocenters. The van der Waals surface area contributed by atoms with E-state index in [-0.39, 0.29) is 17.4 Å². The highest BCUT2D eigenvalue weighted by molar-refractivity contribution is 7.10. The van der Waals surface area contributed by atoms with Crippen molar-refractivity contribution in [2.75, 3.05) is 13.2 Å². The Kier molecular flexibility index (Phi) is 4.42. The Labute approximate surface area is 154 Å². The topological polar surface area (TPSA) is 80.0 Å². The van der Waals surface area contributed by atoms with E-state index in [4.69, 9.17) is 9.15 Å². The molecule has 0 radical (unpaired) electrons. The standard InChI is InChI=1S/C19H19NO5S/c1-11-6-7-13(25-11)17(21)15-16(14-5-3-9-26-14)20(19(23)18(15)22)10-12-4-2-8-24-12/h3,5-7,9,12,16,22H,2,4,8,10H2,1H3. The average molecular weight is 373 g/mol. The van der Waals surface area contributed by atoms with Crippen LogP contribution in [0.5, 0.6) is 0 Å². The highest BCUT2D eigenvalue weighted by atomic mass is 32.1. The molecule has 4 rings (SSSR count). The molecule has 0 aromatic carbocycles. The summed E-state index contributed by atoms with van der Waals surface area (Å²) in [6, 6.07) is 6.36. The molecule has 1 saturated heterocycles. The number of hydrogen-bond donors (Lipinski definition) is 1. The van der Waals surface area contributed by atoms with E-state index in [1.54, 1.807) is 24.0 Å². The van der Waals surface area contributed by atoms with E-state index in [9.17, 15) is 14.7 Å². The maximum absolute atomic E-state index is 13.0. The van der Waals surface area contributed by atoms with Gasteiger partial charge in [0.25, 0.3) is 5.91 Å². The van der Waals surface area contributed by atoms with Crippen molar-refractivity contribution >= 4 is 23.0 Å². The Bertz CT molecular complexity index is 860. The lowest BCUT2D eigenvalue weighted by Gasteiger charge is -2.27. The summed E-state index contributed by atoms with van der Waals surface area (Å²) in [7, 11) is 0. The van der Waals surface area contributed by atoms with Gasteiger partial charge >= 0.3 is 0 Å². The van der Waals surface area contributed by atoms with Crippen LogP contribution in [0.4, 0.5) is 0 Å². The number of carbonyl (C=O) groups excluding carboxylic acids is 2. The van der Waals surface area contributed by atoms with Crippen LogP contribution in [0, 0.1) is 6.92 Å². The van der Waals surface area contributed by atoms with Gasteiger partial charge in [-0.3, -0.25) is 9.59 Å². The molecule has 1 N–H and O–H groups in total. The molecule has 4 heterocycles. The zero-order valence-corrected chi connectivity index (χ0v) is 15.1. The largest absolute Gasteiger partial charge is 0.503 e. The molecule has 7 heteroatoms. The van der Waals surface area contributed by atoms with Crippen LogP contribution in [-0.2, 0) is 9.53 Å². The second-order valence-electron chi connectivity index (χ2n) is 6.51. The first kappa shape index (κ1) is 17.1. The second kappa shape index (κ2) is 6.74. The number of thiophene rings is 1. The van der Waals surface area contributed by atoms with E-state index in [0.29, 0.717) is 18.9 Å². The molecule has 26 heavy (non-hydrogen) atoms. The number of aliphatic hydroxyl groups is 1. The van der Waals surface area contributed by atoms with Crippen LogP contribution in [0.15, 0.2) is 45.4 Å². The Morgan fingerprint density at radius 1 is 1.38 bits per heavy atom. The van der Waals surface area contributed by atoms with Crippen molar-refractivity contribution in [2.45, 2.75) is 31.9 Å². The van der Waals surface area contributed by atoms with Crippen LogP contribution >= 0.6 is 11.3 Å². The molecule has 0 aliphatic carbocycles. The van der Waals surface area contributed by atoms with Gasteiger partial charge in [0.15, 0.2) is 11.5 Å². The molecule has 136 valence electrons. The number of Topliss-reactive ketones (excluding diaryl/α,β-unsaturated/α-hetero) is 1. The quantitative estimate of drug-likeness (QED) is 0.813. The van der Waals surface area contributed by atoms with Crippen molar-refractivity contribution in [1.82, 2.24) is 4.90 Å². The van der Waals surface area contributed by atoms with E-state index >= 15 is 0 Å². The van der Waals surface area contributed by atoms with Crippen LogP contribution in [0.25, 0.3) is 0 Å². The SMILES string of the molecule is Cc1ccc(C(=O)C2=C(O)C(=O)N(CC3CCCO3)C2c2cccs2)o1. The van der Waals surface area contributed by atoms with Gasteiger partial charge in [-0.2, -0.15) is 0 Å². The summed E-state index contributed by atoms with van der Waals surface area (Å²) in [6.45, 7) is 2.76. The zero-order valence-electron chi connectivity index (χ0n) is 14.3. The van der Waals surface area contributed by atoms with E-state index in [0.717, 1.165) is 17.7 Å². The lowest BCUT2D eigenvalue weighted by molar-refractivity contribution is -0.130. The molecule has 1 fully saturated rings. The average Bonchev–Trinajstić information content (AvgIpc) is 3.39. The molecule has 6 nitrogen and oxygen atoms in total. The third kappa shape index (κ3) is 2.87. The normalized spacial score (nSPS) is 23.3. The summed E-state index contributed by atoms with van der Waals surface area (Å²) in [5, 5.41) is 12.4.